The molecule has 0 aromatic heterocycles. The molecule has 0 heterocycles. The van der Waals surface area contributed by atoms with Crippen LogP contribution < -0.4 is 0 Å². The lowest BCUT2D eigenvalue weighted by Crippen LogP contribution is -2.35. The van der Waals surface area contributed by atoms with Gasteiger partial charge in [-0.2, -0.15) is 0 Å². The summed E-state index contributed by atoms with van der Waals surface area (Å²) in [6.07, 6.45) is 19.2. The number of carboxylic acids is 1. The van der Waals surface area contributed by atoms with Crippen LogP contribution in [0.25, 0.3) is 0 Å². The van der Waals surface area contributed by atoms with Gasteiger partial charge < -0.3 is 9.84 Å². The van der Waals surface area contributed by atoms with Crippen LogP contribution in [0.1, 0.15) is 123 Å². The Morgan fingerprint density at radius 1 is 0.821 bits per heavy atom. The predicted molar refractivity (Wildman–Crippen MR) is 114 cm³/mol. The zero-order chi connectivity index (χ0) is 20.6. The van der Waals surface area contributed by atoms with Crippen molar-refractivity contribution in [2.75, 3.05) is 0 Å². The molecule has 1 N–H and O–H groups in total. The van der Waals surface area contributed by atoms with Gasteiger partial charge >= 0.3 is 11.9 Å². The van der Waals surface area contributed by atoms with E-state index >= 15 is 0 Å². The molecule has 0 radical (unpaired) electrons. The van der Waals surface area contributed by atoms with Gasteiger partial charge in [0.25, 0.3) is 0 Å². The average molecular weight is 397 g/mol. The van der Waals surface area contributed by atoms with Crippen LogP contribution in [0.5, 0.6) is 0 Å². The van der Waals surface area contributed by atoms with Crippen LogP contribution in [0.2, 0.25) is 0 Å². The molecule has 1 aliphatic rings. The Balaban J connectivity index is 2.12. The summed E-state index contributed by atoms with van der Waals surface area (Å²) in [5.41, 5.74) is 0. The fraction of sp³-hybridized carbons (Fsp3) is 0.917. The monoisotopic (exact) mass is 396 g/mol. The second-order valence-electron chi connectivity index (χ2n) is 8.63. The van der Waals surface area contributed by atoms with E-state index in [9.17, 15) is 14.7 Å². The maximum Gasteiger partial charge on any atom is 0.310 e. The fourth-order valence-electron chi connectivity index (χ4n) is 4.34. The molecule has 164 valence electrons. The second-order valence-corrected chi connectivity index (χ2v) is 8.63. The van der Waals surface area contributed by atoms with Crippen molar-refractivity contribution in [3.8, 4) is 0 Å². The first-order valence-corrected chi connectivity index (χ1v) is 12.0. The van der Waals surface area contributed by atoms with Crippen molar-refractivity contribution in [1.29, 1.82) is 0 Å². The number of hydrogen-bond donors (Lipinski definition) is 1. The maximum absolute atomic E-state index is 12.5. The number of carbonyl (C=O) groups excluding carboxylic acids is 1. The van der Waals surface area contributed by atoms with Gasteiger partial charge in [0.2, 0.25) is 0 Å². The van der Waals surface area contributed by atoms with Gasteiger partial charge in [0, 0.05) is 0 Å². The second kappa shape index (κ2) is 15.8. The van der Waals surface area contributed by atoms with E-state index in [0.29, 0.717) is 12.8 Å². The largest absolute Gasteiger partial charge is 0.481 e. The fourth-order valence-corrected chi connectivity index (χ4v) is 4.34. The molecule has 4 nitrogen and oxygen atoms in total. The lowest BCUT2D eigenvalue weighted by molar-refractivity contribution is -0.164. The van der Waals surface area contributed by atoms with E-state index in [-0.39, 0.29) is 12.1 Å². The highest BCUT2D eigenvalue weighted by Crippen LogP contribution is 2.32. The van der Waals surface area contributed by atoms with Gasteiger partial charge in [0.05, 0.1) is 11.8 Å². The number of esters is 1. The van der Waals surface area contributed by atoms with Gasteiger partial charge in [0.1, 0.15) is 6.10 Å². The number of carbonyl (C=O) groups is 2. The topological polar surface area (TPSA) is 63.6 Å². The number of rotatable bonds is 16. The lowest BCUT2D eigenvalue weighted by Gasteiger charge is -2.28. The summed E-state index contributed by atoms with van der Waals surface area (Å²) in [5, 5.41) is 9.36. The smallest absolute Gasteiger partial charge is 0.310 e. The highest BCUT2D eigenvalue weighted by Gasteiger charge is 2.37. The van der Waals surface area contributed by atoms with Gasteiger partial charge in [0.15, 0.2) is 0 Å². The minimum atomic E-state index is -0.847. The molecule has 1 saturated carbocycles. The Morgan fingerprint density at radius 3 is 1.82 bits per heavy atom. The Hall–Kier alpha value is -1.06. The number of unbranched alkanes of at least 4 members (excludes halogenated alkanes) is 10. The van der Waals surface area contributed by atoms with E-state index in [2.05, 4.69) is 6.92 Å². The molecular weight excluding hydrogens is 352 g/mol. The first kappa shape index (κ1) is 25.0. The SMILES string of the molecule is CCCCCCCCCCCCCC(CC)OC(=O)C1CCCCC1C(=O)O. The molecule has 0 spiro atoms. The molecule has 0 aromatic carbocycles. The van der Waals surface area contributed by atoms with Crippen molar-refractivity contribution < 1.29 is 19.4 Å². The molecule has 28 heavy (non-hydrogen) atoms. The van der Waals surface area contributed by atoms with Crippen LogP contribution in [-0.4, -0.2) is 23.1 Å². The minimum absolute atomic E-state index is 0.0533. The molecule has 0 bridgehead atoms. The third-order valence-corrected chi connectivity index (χ3v) is 6.25. The van der Waals surface area contributed by atoms with Crippen LogP contribution >= 0.6 is 0 Å². The maximum atomic E-state index is 12.5. The highest BCUT2D eigenvalue weighted by molar-refractivity contribution is 5.81. The van der Waals surface area contributed by atoms with Crippen molar-refractivity contribution in [2.45, 2.75) is 129 Å². The van der Waals surface area contributed by atoms with Crippen molar-refractivity contribution in [1.82, 2.24) is 0 Å². The molecular formula is C24H44O4. The van der Waals surface area contributed by atoms with Crippen LogP contribution in [0.3, 0.4) is 0 Å². The van der Waals surface area contributed by atoms with Crippen molar-refractivity contribution >= 4 is 11.9 Å². The van der Waals surface area contributed by atoms with Gasteiger partial charge in [-0.15, -0.1) is 0 Å². The standard InChI is InChI=1S/C24H44O4/c1-3-5-6-7-8-9-10-11-12-13-14-17-20(4-2)28-24(27)22-19-16-15-18-21(22)23(25)26/h20-22H,3-19H2,1-2H3,(H,25,26). The minimum Gasteiger partial charge on any atom is -0.481 e. The van der Waals surface area contributed by atoms with Crippen LogP contribution in [0, 0.1) is 11.8 Å². The predicted octanol–water partition coefficient (Wildman–Crippen LogP) is 6.90. The van der Waals surface area contributed by atoms with E-state index < -0.39 is 17.8 Å². The number of ether oxygens (including phenoxy) is 1. The summed E-state index contributed by atoms with van der Waals surface area (Å²) >= 11 is 0. The van der Waals surface area contributed by atoms with E-state index in [0.717, 1.165) is 32.1 Å². The normalized spacial score (nSPS) is 20.6. The van der Waals surface area contributed by atoms with E-state index in [1.165, 1.54) is 64.2 Å². The molecule has 0 amide bonds. The molecule has 3 unspecified atom stereocenters. The zero-order valence-electron chi connectivity index (χ0n) is 18.4. The average Bonchev–Trinajstić information content (AvgIpc) is 2.70. The van der Waals surface area contributed by atoms with Gasteiger partial charge in [-0.25, -0.2) is 0 Å². The van der Waals surface area contributed by atoms with Crippen LogP contribution in [-0.2, 0) is 14.3 Å². The summed E-state index contributed by atoms with van der Waals surface area (Å²) < 4.78 is 5.71. The quantitative estimate of drug-likeness (QED) is 0.228. The van der Waals surface area contributed by atoms with Gasteiger partial charge in [-0.3, -0.25) is 9.59 Å². The molecule has 3 atom stereocenters. The van der Waals surface area contributed by atoms with Crippen LogP contribution in [0.4, 0.5) is 0 Å². The summed E-state index contributed by atoms with van der Waals surface area (Å²) in [6, 6.07) is 0. The van der Waals surface area contributed by atoms with Gasteiger partial charge in [-0.1, -0.05) is 90.9 Å². The summed E-state index contributed by atoms with van der Waals surface area (Å²) in [5.74, 6) is -2.12. The Labute approximate surface area is 172 Å². The number of aliphatic carboxylic acids is 1. The summed E-state index contributed by atoms with van der Waals surface area (Å²) in [7, 11) is 0. The molecule has 1 rings (SSSR count). The molecule has 0 aliphatic heterocycles. The zero-order valence-corrected chi connectivity index (χ0v) is 18.4. The number of hydrogen-bond acceptors (Lipinski definition) is 3. The first-order valence-electron chi connectivity index (χ1n) is 12.0. The van der Waals surface area contributed by atoms with Crippen LogP contribution in [0.15, 0.2) is 0 Å². The third-order valence-electron chi connectivity index (χ3n) is 6.25. The lowest BCUT2D eigenvalue weighted by atomic mass is 9.79. The van der Waals surface area contributed by atoms with Crippen molar-refractivity contribution in [2.24, 2.45) is 11.8 Å². The molecule has 1 aliphatic carbocycles. The first-order chi connectivity index (χ1) is 13.6. The molecule has 0 saturated heterocycles. The molecule has 4 heteroatoms. The Bertz CT molecular complexity index is 421. The van der Waals surface area contributed by atoms with Crippen molar-refractivity contribution in [3.63, 3.8) is 0 Å². The number of carboxylic acid groups (broad SMARTS) is 1. The Morgan fingerprint density at radius 2 is 1.32 bits per heavy atom. The van der Waals surface area contributed by atoms with Gasteiger partial charge in [-0.05, 0) is 32.1 Å². The molecule has 0 aromatic rings. The Kier molecular flexibility index (Phi) is 14.1. The van der Waals surface area contributed by atoms with E-state index in [1.807, 2.05) is 6.92 Å². The summed E-state index contributed by atoms with van der Waals surface area (Å²) in [4.78, 5) is 23.9. The van der Waals surface area contributed by atoms with Crippen molar-refractivity contribution in [3.05, 3.63) is 0 Å². The summed E-state index contributed by atoms with van der Waals surface area (Å²) in [6.45, 7) is 4.30. The molecule has 1 fully saturated rings. The highest BCUT2D eigenvalue weighted by atomic mass is 16.5. The van der Waals surface area contributed by atoms with E-state index in [1.54, 1.807) is 0 Å². The van der Waals surface area contributed by atoms with E-state index in [4.69, 9.17) is 4.74 Å². The third kappa shape index (κ3) is 10.5.